The molecule has 1 aromatic carbocycles. The van der Waals surface area contributed by atoms with Crippen molar-refractivity contribution in [3.8, 4) is 11.3 Å². The topological polar surface area (TPSA) is 67.4 Å². The molecule has 0 bridgehead atoms. The molecule has 0 N–H and O–H groups in total. The average Bonchev–Trinajstić information content (AvgIpc) is 3.41. The first-order valence-corrected chi connectivity index (χ1v) is 10.9. The van der Waals surface area contributed by atoms with Crippen molar-refractivity contribution in [2.75, 3.05) is 26.2 Å². The normalized spacial score (nSPS) is 14.9. The number of carbonyl (C=O) groups excluding carboxylic acids is 1. The van der Waals surface area contributed by atoms with Gasteiger partial charge in [0.2, 0.25) is 0 Å². The fraction of sp³-hybridized carbons (Fsp3) is 0.320. The van der Waals surface area contributed by atoms with Crippen LogP contribution in [0.5, 0.6) is 0 Å². The summed E-state index contributed by atoms with van der Waals surface area (Å²) in [7, 11) is 1.88. The van der Waals surface area contributed by atoms with Gasteiger partial charge in [0.25, 0.3) is 5.91 Å². The van der Waals surface area contributed by atoms with Crippen molar-refractivity contribution in [1.29, 1.82) is 0 Å². The fourth-order valence-electron chi connectivity index (χ4n) is 4.39. The molecule has 0 aliphatic carbocycles. The zero-order valence-corrected chi connectivity index (χ0v) is 18.7. The first-order chi connectivity index (χ1) is 15.5. The van der Waals surface area contributed by atoms with Crippen molar-refractivity contribution >= 4 is 16.9 Å². The monoisotopic (exact) mass is 429 g/mol. The van der Waals surface area contributed by atoms with E-state index in [9.17, 15) is 4.79 Å². The third-order valence-electron chi connectivity index (χ3n) is 6.17. The summed E-state index contributed by atoms with van der Waals surface area (Å²) in [5.41, 5.74) is 5.21. The molecular weight excluding hydrogens is 402 g/mol. The molecule has 5 rings (SSSR count). The maximum atomic E-state index is 13.7. The number of amides is 1. The smallest absolute Gasteiger partial charge is 0.254 e. The van der Waals surface area contributed by atoms with Gasteiger partial charge in [-0.15, -0.1) is 0 Å². The molecule has 0 spiro atoms. The number of piperazine rings is 1. The van der Waals surface area contributed by atoms with E-state index in [4.69, 9.17) is 9.40 Å². The van der Waals surface area contributed by atoms with Gasteiger partial charge < -0.3 is 9.32 Å². The number of furan rings is 1. The number of carbonyl (C=O) groups is 1. The van der Waals surface area contributed by atoms with Gasteiger partial charge in [-0.25, -0.2) is 4.98 Å². The van der Waals surface area contributed by atoms with Gasteiger partial charge in [0.15, 0.2) is 5.65 Å². The number of benzene rings is 1. The van der Waals surface area contributed by atoms with Gasteiger partial charge in [0.1, 0.15) is 5.76 Å². The molecule has 1 fully saturated rings. The Labute approximate surface area is 187 Å². The van der Waals surface area contributed by atoms with E-state index in [2.05, 4.69) is 29.1 Å². The fourth-order valence-corrected chi connectivity index (χ4v) is 4.39. The Balaban J connectivity index is 1.45. The van der Waals surface area contributed by atoms with Gasteiger partial charge in [-0.05, 0) is 32.0 Å². The lowest BCUT2D eigenvalue weighted by atomic mass is 10.0. The largest absolute Gasteiger partial charge is 0.468 e. The predicted octanol–water partition coefficient (Wildman–Crippen LogP) is 3.80. The minimum absolute atomic E-state index is 0.0412. The van der Waals surface area contributed by atoms with Crippen molar-refractivity contribution in [3.05, 3.63) is 71.3 Å². The molecule has 4 aromatic rings. The maximum absolute atomic E-state index is 13.7. The van der Waals surface area contributed by atoms with E-state index in [0.29, 0.717) is 18.7 Å². The lowest BCUT2D eigenvalue weighted by Gasteiger charge is -2.34. The quantitative estimate of drug-likeness (QED) is 0.494. The van der Waals surface area contributed by atoms with Crippen molar-refractivity contribution < 1.29 is 9.21 Å². The summed E-state index contributed by atoms with van der Waals surface area (Å²) < 4.78 is 7.23. The third-order valence-corrected chi connectivity index (χ3v) is 6.17. The molecule has 1 aliphatic heterocycles. The van der Waals surface area contributed by atoms with Crippen LogP contribution in [0.3, 0.4) is 0 Å². The number of aryl methyl sites for hydroxylation is 3. The molecule has 1 aliphatic rings. The molecular formula is C25H27N5O2. The minimum atomic E-state index is 0.0412. The summed E-state index contributed by atoms with van der Waals surface area (Å²) in [6, 6.07) is 14.1. The van der Waals surface area contributed by atoms with Crippen LogP contribution < -0.4 is 0 Å². The van der Waals surface area contributed by atoms with Crippen LogP contribution >= 0.6 is 0 Å². The lowest BCUT2D eigenvalue weighted by molar-refractivity contribution is 0.0622. The molecule has 7 nitrogen and oxygen atoms in total. The summed E-state index contributed by atoms with van der Waals surface area (Å²) in [5, 5.41) is 5.39. The van der Waals surface area contributed by atoms with Crippen LogP contribution in [0.4, 0.5) is 0 Å². The van der Waals surface area contributed by atoms with Crippen molar-refractivity contribution in [2.45, 2.75) is 20.4 Å². The van der Waals surface area contributed by atoms with E-state index >= 15 is 0 Å². The van der Waals surface area contributed by atoms with Crippen LogP contribution in [0.1, 0.15) is 27.4 Å². The molecule has 7 heteroatoms. The first kappa shape index (κ1) is 20.5. The van der Waals surface area contributed by atoms with Crippen LogP contribution in [0, 0.1) is 13.8 Å². The van der Waals surface area contributed by atoms with Crippen molar-refractivity contribution in [1.82, 2.24) is 24.6 Å². The molecule has 164 valence electrons. The highest BCUT2D eigenvalue weighted by molar-refractivity contribution is 6.07. The van der Waals surface area contributed by atoms with Gasteiger partial charge in [-0.2, -0.15) is 5.10 Å². The second kappa shape index (κ2) is 8.24. The Morgan fingerprint density at radius 2 is 1.81 bits per heavy atom. The summed E-state index contributed by atoms with van der Waals surface area (Å²) in [6.07, 6.45) is 1.70. The number of hydrogen-bond donors (Lipinski definition) is 0. The van der Waals surface area contributed by atoms with Crippen LogP contribution in [0.15, 0.2) is 53.1 Å². The van der Waals surface area contributed by atoms with Gasteiger partial charge in [-0.1, -0.05) is 29.8 Å². The van der Waals surface area contributed by atoms with E-state index in [0.717, 1.165) is 53.4 Å². The summed E-state index contributed by atoms with van der Waals surface area (Å²) in [6.45, 7) is 7.77. The molecule has 4 heterocycles. The van der Waals surface area contributed by atoms with E-state index in [1.165, 1.54) is 5.56 Å². The second-order valence-electron chi connectivity index (χ2n) is 8.48. The zero-order chi connectivity index (χ0) is 22.2. The maximum Gasteiger partial charge on any atom is 0.254 e. The highest BCUT2D eigenvalue weighted by Gasteiger charge is 2.26. The van der Waals surface area contributed by atoms with Crippen molar-refractivity contribution in [3.63, 3.8) is 0 Å². The Bertz CT molecular complexity index is 1250. The number of fused-ring (bicyclic) bond motifs is 1. The minimum Gasteiger partial charge on any atom is -0.468 e. The molecule has 0 saturated carbocycles. The molecule has 0 unspecified atom stereocenters. The van der Waals surface area contributed by atoms with Crippen LogP contribution in [0.25, 0.3) is 22.3 Å². The van der Waals surface area contributed by atoms with Gasteiger partial charge in [0.05, 0.1) is 35.1 Å². The Hall–Kier alpha value is -3.45. The highest BCUT2D eigenvalue weighted by atomic mass is 16.3. The Morgan fingerprint density at radius 1 is 1.06 bits per heavy atom. The van der Waals surface area contributed by atoms with E-state index in [-0.39, 0.29) is 5.91 Å². The summed E-state index contributed by atoms with van der Waals surface area (Å²) in [5.74, 6) is 0.994. The van der Waals surface area contributed by atoms with E-state index in [1.807, 2.05) is 49.2 Å². The van der Waals surface area contributed by atoms with Crippen LogP contribution in [-0.2, 0) is 13.6 Å². The number of pyridine rings is 1. The van der Waals surface area contributed by atoms with Gasteiger partial charge in [0, 0.05) is 38.8 Å². The number of nitrogens with zero attached hydrogens (tertiary/aromatic N) is 5. The van der Waals surface area contributed by atoms with Gasteiger partial charge >= 0.3 is 0 Å². The summed E-state index contributed by atoms with van der Waals surface area (Å²) in [4.78, 5) is 22.8. The SMILES string of the molecule is Cc1ccc(-c2cc(C(=O)N3CCN(Cc4ccco4)CC3)c3c(C)nn(C)c3n2)cc1. The molecule has 1 amide bonds. The Morgan fingerprint density at radius 3 is 2.50 bits per heavy atom. The van der Waals surface area contributed by atoms with E-state index < -0.39 is 0 Å². The van der Waals surface area contributed by atoms with Crippen LogP contribution in [0.2, 0.25) is 0 Å². The molecule has 0 radical (unpaired) electrons. The second-order valence-corrected chi connectivity index (χ2v) is 8.48. The molecule has 0 atom stereocenters. The molecule has 1 saturated heterocycles. The van der Waals surface area contributed by atoms with Crippen molar-refractivity contribution in [2.24, 2.45) is 7.05 Å². The zero-order valence-electron chi connectivity index (χ0n) is 18.7. The highest BCUT2D eigenvalue weighted by Crippen LogP contribution is 2.28. The van der Waals surface area contributed by atoms with E-state index in [1.54, 1.807) is 10.9 Å². The molecule has 32 heavy (non-hydrogen) atoms. The lowest BCUT2D eigenvalue weighted by Crippen LogP contribution is -2.48. The average molecular weight is 430 g/mol. The Kier molecular flexibility index (Phi) is 5.27. The summed E-state index contributed by atoms with van der Waals surface area (Å²) >= 11 is 0. The molecule has 3 aromatic heterocycles. The van der Waals surface area contributed by atoms with Gasteiger partial charge in [-0.3, -0.25) is 14.4 Å². The third kappa shape index (κ3) is 3.80. The number of aromatic nitrogens is 3. The van der Waals surface area contributed by atoms with Crippen LogP contribution in [-0.4, -0.2) is 56.7 Å². The number of rotatable bonds is 4. The first-order valence-electron chi connectivity index (χ1n) is 10.9. The predicted molar refractivity (Wildman–Crippen MR) is 123 cm³/mol. The standard InChI is InChI=1S/C25H27N5O2/c1-17-6-8-19(9-7-17)22-15-21(23-18(2)27-28(3)24(23)26-22)25(31)30-12-10-29(11-13-30)16-20-5-4-14-32-20/h4-9,14-15H,10-13,16H2,1-3H3. The number of hydrogen-bond acceptors (Lipinski definition) is 5.